The Hall–Kier alpha value is -2.36. The number of hydrogen-bond donors (Lipinski definition) is 1. The summed E-state index contributed by atoms with van der Waals surface area (Å²) in [5, 5.41) is 5.22. The number of ether oxygens (including phenoxy) is 1. The van der Waals surface area contributed by atoms with Gasteiger partial charge in [0.25, 0.3) is 0 Å². The summed E-state index contributed by atoms with van der Waals surface area (Å²) in [7, 11) is 0. The van der Waals surface area contributed by atoms with E-state index in [1.807, 2.05) is 42.5 Å². The predicted molar refractivity (Wildman–Crippen MR) is 92.6 cm³/mol. The molecule has 0 aromatic heterocycles. The molecule has 1 saturated carbocycles. The first-order valence-electron chi connectivity index (χ1n) is 8.68. The lowest BCUT2D eigenvalue weighted by atomic mass is 9.75. The molecule has 1 spiro atoms. The van der Waals surface area contributed by atoms with E-state index >= 15 is 0 Å². The van der Waals surface area contributed by atoms with Crippen molar-refractivity contribution in [2.24, 2.45) is 5.92 Å². The van der Waals surface area contributed by atoms with Crippen molar-refractivity contribution in [1.29, 1.82) is 0 Å². The topological polar surface area (TPSA) is 55.4 Å². The van der Waals surface area contributed by atoms with Crippen molar-refractivity contribution in [2.45, 2.75) is 44.1 Å². The number of hydrogen-bond acceptors (Lipinski definition) is 3. The van der Waals surface area contributed by atoms with Crippen LogP contribution in [0, 0.1) is 5.92 Å². The SMILES string of the molecule is O=C1C[C@H](C(=O)Nc2ccc3ccccc3c2)C2(CCCCC2)O1. The third-order valence-electron chi connectivity index (χ3n) is 5.36. The van der Waals surface area contributed by atoms with E-state index in [1.165, 1.54) is 0 Å². The number of anilines is 1. The Morgan fingerprint density at radius 1 is 1.04 bits per heavy atom. The highest BCUT2D eigenvalue weighted by molar-refractivity contribution is 5.98. The fourth-order valence-electron chi connectivity index (χ4n) is 4.12. The van der Waals surface area contributed by atoms with Gasteiger partial charge in [0.05, 0.1) is 12.3 Å². The molecule has 1 aliphatic heterocycles. The highest BCUT2D eigenvalue weighted by atomic mass is 16.6. The lowest BCUT2D eigenvalue weighted by Gasteiger charge is -2.36. The molecule has 1 atom stereocenters. The van der Waals surface area contributed by atoms with E-state index in [0.29, 0.717) is 0 Å². The maximum absolute atomic E-state index is 12.8. The first-order valence-corrected chi connectivity index (χ1v) is 8.68. The zero-order chi connectivity index (χ0) is 16.6. The Bertz CT molecular complexity index is 792. The largest absolute Gasteiger partial charge is 0.458 e. The van der Waals surface area contributed by atoms with Gasteiger partial charge in [-0.25, -0.2) is 0 Å². The number of benzene rings is 2. The molecule has 1 aliphatic carbocycles. The fourth-order valence-corrected chi connectivity index (χ4v) is 4.12. The van der Waals surface area contributed by atoms with E-state index in [-0.39, 0.29) is 24.2 Å². The standard InChI is InChI=1S/C20H21NO3/c22-18-13-17(20(24-18)10-4-1-5-11-20)19(23)21-16-9-8-14-6-2-3-7-15(14)12-16/h2-3,6-9,12,17H,1,4-5,10-11,13H2,(H,21,23)/t17-/m1/s1. The second-order valence-electron chi connectivity index (χ2n) is 6.91. The number of carbonyl (C=O) groups excluding carboxylic acids is 2. The Balaban J connectivity index is 1.56. The van der Waals surface area contributed by atoms with Crippen molar-refractivity contribution in [3.63, 3.8) is 0 Å². The summed E-state index contributed by atoms with van der Waals surface area (Å²) in [5.41, 5.74) is 0.194. The molecule has 4 heteroatoms. The van der Waals surface area contributed by atoms with Gasteiger partial charge in [0.2, 0.25) is 5.91 Å². The molecule has 2 aliphatic rings. The molecule has 2 aromatic rings. The van der Waals surface area contributed by atoms with Crippen LogP contribution in [-0.2, 0) is 14.3 Å². The van der Waals surface area contributed by atoms with E-state index < -0.39 is 5.60 Å². The number of fused-ring (bicyclic) bond motifs is 1. The first-order chi connectivity index (χ1) is 11.7. The second kappa shape index (κ2) is 5.93. The maximum atomic E-state index is 12.8. The van der Waals surface area contributed by atoms with E-state index in [1.54, 1.807) is 0 Å². The second-order valence-corrected chi connectivity index (χ2v) is 6.91. The van der Waals surface area contributed by atoms with Gasteiger partial charge in [0.1, 0.15) is 5.60 Å². The van der Waals surface area contributed by atoms with Gasteiger partial charge in [0, 0.05) is 5.69 Å². The number of rotatable bonds is 2. The molecule has 2 aromatic carbocycles. The molecule has 1 amide bonds. The molecular weight excluding hydrogens is 302 g/mol. The molecule has 4 rings (SSSR count). The average Bonchev–Trinajstić information content (AvgIpc) is 2.91. The zero-order valence-corrected chi connectivity index (χ0v) is 13.6. The van der Waals surface area contributed by atoms with Gasteiger partial charge >= 0.3 is 5.97 Å². The van der Waals surface area contributed by atoms with Gasteiger partial charge in [-0.15, -0.1) is 0 Å². The monoisotopic (exact) mass is 323 g/mol. The molecule has 4 nitrogen and oxygen atoms in total. The molecule has 1 heterocycles. The summed E-state index contributed by atoms with van der Waals surface area (Å²) < 4.78 is 5.63. The van der Waals surface area contributed by atoms with Crippen LogP contribution < -0.4 is 5.32 Å². The third-order valence-corrected chi connectivity index (χ3v) is 5.36. The molecule has 0 bridgehead atoms. The van der Waals surface area contributed by atoms with Crippen LogP contribution in [-0.4, -0.2) is 17.5 Å². The van der Waals surface area contributed by atoms with E-state index in [2.05, 4.69) is 5.32 Å². The lowest BCUT2D eigenvalue weighted by Crippen LogP contribution is -2.43. The van der Waals surface area contributed by atoms with Crippen LogP contribution in [0.1, 0.15) is 38.5 Å². The third kappa shape index (κ3) is 2.66. The van der Waals surface area contributed by atoms with Gasteiger partial charge in [-0.05, 0) is 48.6 Å². The van der Waals surface area contributed by atoms with E-state index in [9.17, 15) is 9.59 Å². The summed E-state index contributed by atoms with van der Waals surface area (Å²) in [4.78, 5) is 24.7. The Morgan fingerprint density at radius 2 is 1.79 bits per heavy atom. The van der Waals surface area contributed by atoms with E-state index in [0.717, 1.165) is 48.6 Å². The van der Waals surface area contributed by atoms with Crippen LogP contribution in [0.3, 0.4) is 0 Å². The summed E-state index contributed by atoms with van der Waals surface area (Å²) >= 11 is 0. The van der Waals surface area contributed by atoms with Crippen molar-refractivity contribution in [1.82, 2.24) is 0 Å². The van der Waals surface area contributed by atoms with Gasteiger partial charge in [-0.2, -0.15) is 0 Å². The molecule has 1 N–H and O–H groups in total. The molecule has 0 radical (unpaired) electrons. The van der Waals surface area contributed by atoms with Crippen LogP contribution in [0.25, 0.3) is 10.8 Å². The van der Waals surface area contributed by atoms with Gasteiger partial charge in [-0.3, -0.25) is 9.59 Å². The van der Waals surface area contributed by atoms with E-state index in [4.69, 9.17) is 4.74 Å². The van der Waals surface area contributed by atoms with Crippen LogP contribution in [0.15, 0.2) is 42.5 Å². The summed E-state index contributed by atoms with van der Waals surface area (Å²) in [6.07, 6.45) is 4.99. The number of carbonyl (C=O) groups is 2. The van der Waals surface area contributed by atoms with Gasteiger partial charge < -0.3 is 10.1 Å². The van der Waals surface area contributed by atoms with Gasteiger partial charge in [-0.1, -0.05) is 36.8 Å². The number of esters is 1. The fraction of sp³-hybridized carbons (Fsp3) is 0.400. The average molecular weight is 323 g/mol. The molecule has 2 fully saturated rings. The predicted octanol–water partition coefficient (Wildman–Crippen LogP) is 4.04. The normalized spacial score (nSPS) is 22.5. The molecular formula is C20H21NO3. The smallest absolute Gasteiger partial charge is 0.307 e. The minimum absolute atomic E-state index is 0.0990. The Labute approximate surface area is 141 Å². The van der Waals surface area contributed by atoms with Crippen molar-refractivity contribution in [2.75, 3.05) is 5.32 Å². The van der Waals surface area contributed by atoms with Crippen molar-refractivity contribution < 1.29 is 14.3 Å². The highest BCUT2D eigenvalue weighted by Gasteiger charge is 2.52. The quantitative estimate of drug-likeness (QED) is 0.849. The number of amides is 1. The lowest BCUT2D eigenvalue weighted by molar-refractivity contribution is -0.153. The summed E-state index contributed by atoms with van der Waals surface area (Å²) in [6, 6.07) is 13.9. The van der Waals surface area contributed by atoms with Crippen LogP contribution in [0.2, 0.25) is 0 Å². The molecule has 1 saturated heterocycles. The minimum atomic E-state index is -0.573. The van der Waals surface area contributed by atoms with Crippen molar-refractivity contribution in [3.05, 3.63) is 42.5 Å². The Kier molecular flexibility index (Phi) is 3.75. The maximum Gasteiger partial charge on any atom is 0.307 e. The molecule has 124 valence electrons. The summed E-state index contributed by atoms with van der Waals surface area (Å²) in [6.45, 7) is 0. The van der Waals surface area contributed by atoms with Crippen molar-refractivity contribution >= 4 is 28.3 Å². The minimum Gasteiger partial charge on any atom is -0.458 e. The first kappa shape index (κ1) is 15.2. The summed E-state index contributed by atoms with van der Waals surface area (Å²) in [5.74, 6) is -0.717. The molecule has 24 heavy (non-hydrogen) atoms. The van der Waals surface area contributed by atoms with Crippen LogP contribution >= 0.6 is 0 Å². The number of nitrogens with one attached hydrogen (secondary N) is 1. The van der Waals surface area contributed by atoms with Crippen LogP contribution in [0.4, 0.5) is 5.69 Å². The van der Waals surface area contributed by atoms with Crippen LogP contribution in [0.5, 0.6) is 0 Å². The highest BCUT2D eigenvalue weighted by Crippen LogP contribution is 2.44. The van der Waals surface area contributed by atoms with Crippen molar-refractivity contribution in [3.8, 4) is 0 Å². The molecule has 0 unspecified atom stereocenters. The zero-order valence-electron chi connectivity index (χ0n) is 13.6. The van der Waals surface area contributed by atoms with Gasteiger partial charge in [0.15, 0.2) is 0 Å². The Morgan fingerprint density at radius 3 is 2.58 bits per heavy atom.